The third kappa shape index (κ3) is 11.0. The number of hydrogen-bond acceptors (Lipinski definition) is 10. The van der Waals surface area contributed by atoms with Crippen LogP contribution in [-0.2, 0) is 32.8 Å². The summed E-state index contributed by atoms with van der Waals surface area (Å²) in [5.41, 5.74) is 4.52. The molecule has 2 aromatic carbocycles. The van der Waals surface area contributed by atoms with Crippen LogP contribution in [0.5, 0.6) is 0 Å². The second-order valence-electron chi connectivity index (χ2n) is 19.1. The molecule has 3 N–H and O–H groups in total. The van der Waals surface area contributed by atoms with Gasteiger partial charge in [0.25, 0.3) is 8.32 Å². The summed E-state index contributed by atoms with van der Waals surface area (Å²) in [6.07, 6.45) is -4.66. The van der Waals surface area contributed by atoms with E-state index in [0.29, 0.717) is 0 Å². The fourth-order valence-corrected chi connectivity index (χ4v) is 18.8. The maximum atomic E-state index is 11.8. The smallest absolute Gasteiger partial charge is 0.261 e. The third-order valence-electron chi connectivity index (χ3n) is 13.7. The van der Waals surface area contributed by atoms with Crippen molar-refractivity contribution in [2.45, 2.75) is 206 Å². The van der Waals surface area contributed by atoms with E-state index in [1.54, 1.807) is 13.8 Å². The highest BCUT2D eigenvalue weighted by Gasteiger charge is 2.63. The van der Waals surface area contributed by atoms with Gasteiger partial charge in [0.2, 0.25) is 0 Å². The molecular formula is C50H82O10Si3. The van der Waals surface area contributed by atoms with Gasteiger partial charge in [0.05, 0.1) is 13.2 Å². The standard InChI is InChI=1S/C32H46O5Si2.C16H28O5Si.2CH4/c1-9-38(10-2,11-3)23-22-32(28(33)27-29(37-32)36-31(7,8)35-27)24-34-39(30(4,5)6,25-18-14-12-15-19-25)26-20-16-13-17-21-26;1-6-22(7-2,8-3)10-9-16(11-17)13(18)12-14(21-16)20-15(4,5)19-12;;/h12-21,27-29,33H,9-11,24H2,1-8H3;12-14,17-18H,6-8,11H2,1-5H3;2*1H4/t27?,28-,29+,32+;12?,13-,14+,16+;;/m00../s1. The third-order valence-corrected chi connectivity index (χ3v) is 28.1. The Morgan fingerprint density at radius 2 is 0.921 bits per heavy atom. The molecule has 13 heteroatoms. The summed E-state index contributed by atoms with van der Waals surface area (Å²) >= 11 is 0. The van der Waals surface area contributed by atoms with Gasteiger partial charge in [-0.2, -0.15) is 0 Å². The molecule has 10 nitrogen and oxygen atoms in total. The van der Waals surface area contributed by atoms with Crippen LogP contribution in [0.2, 0.25) is 41.3 Å². The number of aliphatic hydroxyl groups is 3. The Kier molecular flexibility index (Phi) is 18.5. The van der Waals surface area contributed by atoms with Crippen molar-refractivity contribution in [3.05, 3.63) is 60.7 Å². The van der Waals surface area contributed by atoms with E-state index >= 15 is 0 Å². The lowest BCUT2D eigenvalue weighted by molar-refractivity contribution is -0.232. The molecule has 0 saturated carbocycles. The van der Waals surface area contributed by atoms with Crippen molar-refractivity contribution in [2.75, 3.05) is 13.2 Å². The van der Waals surface area contributed by atoms with Gasteiger partial charge in [0.1, 0.15) is 40.6 Å². The lowest BCUT2D eigenvalue weighted by atomic mass is 9.97. The monoisotopic (exact) mass is 927 g/mol. The molecule has 6 rings (SSSR count). The van der Waals surface area contributed by atoms with Crippen molar-refractivity contribution < 1.29 is 48.2 Å². The predicted molar refractivity (Wildman–Crippen MR) is 261 cm³/mol. The van der Waals surface area contributed by atoms with Gasteiger partial charge in [-0.1, -0.05) is 150 Å². The van der Waals surface area contributed by atoms with E-state index < -0.39 is 84.2 Å². The van der Waals surface area contributed by atoms with Gasteiger partial charge in [-0.3, -0.25) is 0 Å². The molecule has 4 aliphatic heterocycles. The Bertz CT molecular complexity index is 1820. The number of ether oxygens (including phenoxy) is 6. The normalized spacial score (nSPS) is 29.3. The summed E-state index contributed by atoms with van der Waals surface area (Å²) in [5.74, 6) is 4.95. The van der Waals surface area contributed by atoms with Crippen LogP contribution in [-0.4, -0.2) is 113 Å². The van der Waals surface area contributed by atoms with Crippen molar-refractivity contribution in [3.8, 4) is 22.9 Å². The topological polar surface area (TPSA) is 125 Å². The summed E-state index contributed by atoms with van der Waals surface area (Å²) in [6, 6.07) is 27.4. The number of hydrogen-bond donors (Lipinski definition) is 3. The number of fused-ring (bicyclic) bond motifs is 2. The van der Waals surface area contributed by atoms with Crippen molar-refractivity contribution in [3.63, 3.8) is 0 Å². The highest BCUT2D eigenvalue weighted by molar-refractivity contribution is 6.99. The molecule has 0 aliphatic carbocycles. The van der Waals surface area contributed by atoms with E-state index in [4.69, 9.17) is 32.8 Å². The van der Waals surface area contributed by atoms with Gasteiger partial charge in [0, 0.05) is 0 Å². The molecule has 4 fully saturated rings. The van der Waals surface area contributed by atoms with Gasteiger partial charge < -0.3 is 48.2 Å². The first-order valence-corrected chi connectivity index (χ1v) is 29.7. The summed E-state index contributed by atoms with van der Waals surface area (Å²) in [7, 11) is -6.42. The molecule has 0 spiro atoms. The van der Waals surface area contributed by atoms with E-state index in [-0.39, 0.29) is 33.1 Å². The molecule has 2 aromatic rings. The van der Waals surface area contributed by atoms with Crippen LogP contribution in [0.4, 0.5) is 0 Å². The maximum Gasteiger partial charge on any atom is 0.261 e. The number of benzene rings is 2. The van der Waals surface area contributed by atoms with Crippen LogP contribution < -0.4 is 10.4 Å². The van der Waals surface area contributed by atoms with E-state index in [1.807, 2.05) is 26.0 Å². The lowest BCUT2D eigenvalue weighted by Crippen LogP contribution is -2.68. The first-order valence-electron chi connectivity index (χ1n) is 22.5. The average molecular weight is 927 g/mol. The average Bonchev–Trinajstić information content (AvgIpc) is 3.89. The van der Waals surface area contributed by atoms with E-state index in [2.05, 4.69) is 134 Å². The van der Waals surface area contributed by atoms with Crippen LogP contribution >= 0.6 is 0 Å². The first-order chi connectivity index (χ1) is 28.6. The summed E-state index contributed by atoms with van der Waals surface area (Å²) in [5, 5.41) is 34.3. The van der Waals surface area contributed by atoms with Crippen LogP contribution in [0.15, 0.2) is 60.7 Å². The lowest BCUT2D eigenvalue weighted by Gasteiger charge is -2.44. The largest absolute Gasteiger partial charge is 0.403 e. The Balaban J connectivity index is 0.000000376. The fourth-order valence-electron chi connectivity index (χ4n) is 9.23. The molecule has 354 valence electrons. The minimum absolute atomic E-state index is 0. The second kappa shape index (κ2) is 21.2. The molecular weight excluding hydrogens is 845 g/mol. The van der Waals surface area contributed by atoms with Crippen molar-refractivity contribution >= 4 is 34.8 Å². The van der Waals surface area contributed by atoms with Crippen LogP contribution in [0, 0.1) is 22.9 Å². The van der Waals surface area contributed by atoms with Crippen molar-refractivity contribution in [1.82, 2.24) is 0 Å². The molecule has 4 saturated heterocycles. The molecule has 2 unspecified atom stereocenters. The van der Waals surface area contributed by atoms with E-state index in [1.165, 1.54) is 10.4 Å². The van der Waals surface area contributed by atoms with Crippen LogP contribution in [0.25, 0.3) is 0 Å². The maximum absolute atomic E-state index is 11.8. The van der Waals surface area contributed by atoms with E-state index in [0.717, 1.165) is 36.3 Å². The SMILES string of the molecule is C.C.CC[Si](C#C[C@]1(CO)O[C@H]2OC(C)(C)OC2[C@@H]1O)(CC)CC.CC[Si](C#C[C@]1(CO[Si](c2ccccc2)(c2ccccc2)C(C)(C)C)O[C@H]2OC(C)(C)OC2[C@@H]1O)(CC)CC. The van der Waals surface area contributed by atoms with Gasteiger partial charge in [-0.25, -0.2) is 0 Å². The fraction of sp³-hybridized carbons (Fsp3) is 0.680. The molecule has 63 heavy (non-hydrogen) atoms. The van der Waals surface area contributed by atoms with Gasteiger partial charge in [0.15, 0.2) is 35.4 Å². The Labute approximate surface area is 384 Å². The number of aliphatic hydroxyl groups excluding tert-OH is 3. The van der Waals surface area contributed by atoms with Gasteiger partial charge in [-0.15, -0.1) is 11.1 Å². The van der Waals surface area contributed by atoms with E-state index in [9.17, 15) is 15.3 Å². The minimum atomic E-state index is -2.89. The Hall–Kier alpha value is -2.19. The molecule has 0 amide bonds. The van der Waals surface area contributed by atoms with Gasteiger partial charge >= 0.3 is 0 Å². The zero-order chi connectivity index (χ0) is 45.1. The quantitative estimate of drug-likeness (QED) is 0.142. The highest BCUT2D eigenvalue weighted by Crippen LogP contribution is 2.45. The Morgan fingerprint density at radius 1 is 0.571 bits per heavy atom. The van der Waals surface area contributed by atoms with Gasteiger partial charge in [-0.05, 0) is 79.4 Å². The van der Waals surface area contributed by atoms with Crippen LogP contribution in [0.3, 0.4) is 0 Å². The van der Waals surface area contributed by atoms with Crippen molar-refractivity contribution in [1.29, 1.82) is 0 Å². The minimum Gasteiger partial charge on any atom is -0.403 e. The molecule has 0 aromatic heterocycles. The summed E-state index contributed by atoms with van der Waals surface area (Å²) < 4.78 is 43.2. The predicted octanol–water partition coefficient (Wildman–Crippen LogP) is 8.13. The second-order valence-corrected chi connectivity index (χ2v) is 33.3. The zero-order valence-corrected chi connectivity index (χ0v) is 42.1. The van der Waals surface area contributed by atoms with Crippen LogP contribution in [0.1, 0.15) is 105 Å². The summed E-state index contributed by atoms with van der Waals surface area (Å²) in [6.45, 7) is 26.9. The molecule has 4 heterocycles. The highest BCUT2D eigenvalue weighted by atomic mass is 28.4. The Morgan fingerprint density at radius 3 is 1.25 bits per heavy atom. The molecule has 4 aliphatic rings. The molecule has 0 radical (unpaired) electrons. The van der Waals surface area contributed by atoms with Crippen molar-refractivity contribution in [2.24, 2.45) is 0 Å². The molecule has 0 bridgehead atoms. The zero-order valence-electron chi connectivity index (χ0n) is 39.1. The summed E-state index contributed by atoms with van der Waals surface area (Å²) in [4.78, 5) is 0. The first kappa shape index (κ1) is 55.1. The number of rotatable bonds is 12. The molecule has 8 atom stereocenters.